The van der Waals surface area contributed by atoms with Gasteiger partial charge in [0.2, 0.25) is 0 Å². The van der Waals surface area contributed by atoms with E-state index in [0.717, 1.165) is 44.2 Å². The fraction of sp³-hybridized carbons (Fsp3) is 0.269. The smallest absolute Gasteiger partial charge is 0.274 e. The topological polar surface area (TPSA) is 63.8 Å². The molecule has 1 aromatic heterocycles. The third kappa shape index (κ3) is 3.20. The molecule has 0 saturated carbocycles. The Kier molecular flexibility index (Phi) is 5.33. The Morgan fingerprint density at radius 2 is 1.79 bits per heavy atom. The Morgan fingerprint density at radius 1 is 1.06 bits per heavy atom. The van der Waals surface area contributed by atoms with E-state index in [9.17, 15) is 4.79 Å². The number of carbonyl (C=O) groups is 1. The molecule has 0 spiro atoms. The summed E-state index contributed by atoms with van der Waals surface area (Å²) in [6, 6.07) is 13.8. The number of hydrogen-bond donors (Lipinski definition) is 1. The number of methoxy groups -OCH3 is 3. The number of nitrogens with zero attached hydrogens (tertiary/aromatic N) is 1. The van der Waals surface area contributed by atoms with Crippen LogP contribution in [0.25, 0.3) is 21.7 Å². The van der Waals surface area contributed by atoms with Crippen molar-refractivity contribution in [1.29, 1.82) is 0 Å². The van der Waals surface area contributed by atoms with Crippen molar-refractivity contribution in [3.05, 3.63) is 59.3 Å². The van der Waals surface area contributed by atoms with Crippen LogP contribution in [0.3, 0.4) is 0 Å². The van der Waals surface area contributed by atoms with Gasteiger partial charge in [0.15, 0.2) is 0 Å². The lowest BCUT2D eigenvalue weighted by molar-refractivity contribution is 0.0984. The van der Waals surface area contributed by atoms with Crippen molar-refractivity contribution < 1.29 is 19.0 Å². The molecule has 0 bridgehead atoms. The molecular formula is C26H25ClN2O4. The molecule has 0 unspecified atom stereocenters. The highest BCUT2D eigenvalue weighted by molar-refractivity contribution is 6.19. The van der Waals surface area contributed by atoms with Gasteiger partial charge in [-0.2, -0.15) is 0 Å². The van der Waals surface area contributed by atoms with Gasteiger partial charge < -0.3 is 24.1 Å². The minimum absolute atomic E-state index is 0.0303. The van der Waals surface area contributed by atoms with Crippen LogP contribution in [0.15, 0.2) is 42.5 Å². The van der Waals surface area contributed by atoms with Gasteiger partial charge in [0.1, 0.15) is 22.9 Å². The lowest BCUT2D eigenvalue weighted by Crippen LogP contribution is -2.30. The molecule has 6 nitrogen and oxygen atoms in total. The lowest BCUT2D eigenvalue weighted by atomic mass is 9.95. The number of amides is 1. The highest BCUT2D eigenvalue weighted by atomic mass is 35.5. The number of halogens is 1. The Morgan fingerprint density at radius 3 is 2.45 bits per heavy atom. The van der Waals surface area contributed by atoms with Crippen LogP contribution in [0.5, 0.6) is 17.2 Å². The second-order valence-corrected chi connectivity index (χ2v) is 8.52. The van der Waals surface area contributed by atoms with Gasteiger partial charge >= 0.3 is 0 Å². The first-order valence-corrected chi connectivity index (χ1v) is 11.3. The molecule has 1 aliphatic heterocycles. The SMILES string of the molecule is COc1cc2cc(C(=O)N3C[C@@H](CCl)c4c3cc(OC)c3ccccc43)[nH]c2c(OC)c1C. The first-order valence-electron chi connectivity index (χ1n) is 10.7. The first-order chi connectivity index (χ1) is 16.0. The number of ether oxygens (including phenoxy) is 3. The standard InChI is InChI=1S/C26H25ClN2O4/c1-14-21(31-2)10-15-9-19(28-24(15)25(14)33-4)26(30)29-13-16(12-27)23-18-8-6-5-7-17(18)22(32-3)11-20(23)29/h5-11,16,28H,12-13H2,1-4H3/t16-/m1/s1. The third-order valence-corrected chi connectivity index (χ3v) is 6.88. The molecule has 4 aromatic rings. The second kappa shape index (κ2) is 8.19. The van der Waals surface area contributed by atoms with Crippen LogP contribution >= 0.6 is 11.6 Å². The predicted molar refractivity (Wildman–Crippen MR) is 132 cm³/mol. The zero-order valence-electron chi connectivity index (χ0n) is 19.0. The van der Waals surface area contributed by atoms with Crippen LogP contribution in [-0.4, -0.2) is 44.6 Å². The first kappa shape index (κ1) is 21.5. The summed E-state index contributed by atoms with van der Waals surface area (Å²) < 4.78 is 16.8. The van der Waals surface area contributed by atoms with Crippen molar-refractivity contribution in [2.75, 3.05) is 38.7 Å². The average molecular weight is 465 g/mol. The number of nitrogens with one attached hydrogen (secondary N) is 1. The second-order valence-electron chi connectivity index (χ2n) is 8.21. The van der Waals surface area contributed by atoms with Gasteiger partial charge in [0.05, 0.1) is 32.5 Å². The summed E-state index contributed by atoms with van der Waals surface area (Å²) in [6.45, 7) is 2.43. The molecule has 1 aliphatic rings. The van der Waals surface area contributed by atoms with Crippen molar-refractivity contribution in [2.24, 2.45) is 0 Å². The minimum Gasteiger partial charge on any atom is -0.496 e. The number of carbonyl (C=O) groups excluding carboxylic acids is 1. The van der Waals surface area contributed by atoms with E-state index in [1.54, 1.807) is 26.2 Å². The molecule has 7 heteroatoms. The zero-order chi connectivity index (χ0) is 23.3. The summed E-state index contributed by atoms with van der Waals surface area (Å²) in [7, 11) is 4.88. The Labute approximate surface area is 197 Å². The molecule has 1 amide bonds. The number of rotatable bonds is 5. The number of aromatic nitrogens is 1. The molecule has 0 saturated heterocycles. The van der Waals surface area contributed by atoms with Crippen LogP contribution < -0.4 is 19.1 Å². The average Bonchev–Trinajstić information content (AvgIpc) is 3.44. The summed E-state index contributed by atoms with van der Waals surface area (Å²) in [4.78, 5) is 18.8. The van der Waals surface area contributed by atoms with Gasteiger partial charge in [0.25, 0.3) is 5.91 Å². The molecule has 0 fully saturated rings. The molecule has 2 heterocycles. The van der Waals surface area contributed by atoms with Crippen LogP contribution in [0.2, 0.25) is 0 Å². The monoisotopic (exact) mass is 464 g/mol. The number of H-pyrrole nitrogens is 1. The van der Waals surface area contributed by atoms with E-state index in [1.165, 1.54) is 0 Å². The third-order valence-electron chi connectivity index (χ3n) is 6.51. The van der Waals surface area contributed by atoms with Crippen LogP contribution in [0.4, 0.5) is 5.69 Å². The Bertz CT molecular complexity index is 1390. The van der Waals surface area contributed by atoms with E-state index in [1.807, 2.05) is 43.3 Å². The maximum absolute atomic E-state index is 13.8. The van der Waals surface area contributed by atoms with E-state index in [4.69, 9.17) is 25.8 Å². The maximum atomic E-state index is 13.8. The predicted octanol–water partition coefficient (Wildman–Crippen LogP) is 5.64. The Balaban J connectivity index is 1.65. The number of anilines is 1. The largest absolute Gasteiger partial charge is 0.496 e. The number of fused-ring (bicyclic) bond motifs is 4. The van der Waals surface area contributed by atoms with Crippen molar-refractivity contribution in [1.82, 2.24) is 4.98 Å². The number of aromatic amines is 1. The maximum Gasteiger partial charge on any atom is 0.274 e. The number of benzene rings is 3. The van der Waals surface area contributed by atoms with Crippen LogP contribution in [0.1, 0.15) is 27.5 Å². The van der Waals surface area contributed by atoms with Crippen molar-refractivity contribution >= 4 is 44.9 Å². The quantitative estimate of drug-likeness (QED) is 0.388. The fourth-order valence-corrected chi connectivity index (χ4v) is 5.20. The lowest BCUT2D eigenvalue weighted by Gasteiger charge is -2.18. The summed E-state index contributed by atoms with van der Waals surface area (Å²) >= 11 is 6.37. The van der Waals surface area contributed by atoms with Crippen molar-refractivity contribution in [3.8, 4) is 17.2 Å². The van der Waals surface area contributed by atoms with Crippen LogP contribution in [-0.2, 0) is 0 Å². The van der Waals surface area contributed by atoms with Gasteiger partial charge in [-0.25, -0.2) is 0 Å². The van der Waals surface area contributed by atoms with Gasteiger partial charge in [-0.1, -0.05) is 24.3 Å². The van der Waals surface area contributed by atoms with E-state index in [-0.39, 0.29) is 11.8 Å². The summed E-state index contributed by atoms with van der Waals surface area (Å²) in [5, 5.41) is 2.93. The molecule has 1 atom stereocenters. The number of hydrogen-bond acceptors (Lipinski definition) is 4. The summed E-state index contributed by atoms with van der Waals surface area (Å²) in [6.07, 6.45) is 0. The van der Waals surface area contributed by atoms with E-state index in [0.29, 0.717) is 29.6 Å². The summed E-state index contributed by atoms with van der Waals surface area (Å²) in [5.74, 6) is 2.43. The summed E-state index contributed by atoms with van der Waals surface area (Å²) in [5.41, 5.74) is 4.03. The van der Waals surface area contributed by atoms with Gasteiger partial charge in [-0.3, -0.25) is 4.79 Å². The van der Waals surface area contributed by atoms with Crippen molar-refractivity contribution in [3.63, 3.8) is 0 Å². The zero-order valence-corrected chi connectivity index (χ0v) is 19.7. The van der Waals surface area contributed by atoms with E-state index in [2.05, 4.69) is 11.1 Å². The molecule has 3 aromatic carbocycles. The molecule has 170 valence electrons. The molecule has 33 heavy (non-hydrogen) atoms. The highest BCUT2D eigenvalue weighted by Gasteiger charge is 2.35. The van der Waals surface area contributed by atoms with Gasteiger partial charge in [0, 0.05) is 40.7 Å². The van der Waals surface area contributed by atoms with Gasteiger partial charge in [-0.05, 0) is 30.0 Å². The van der Waals surface area contributed by atoms with E-state index >= 15 is 0 Å². The normalized spacial score (nSPS) is 15.2. The molecule has 1 N–H and O–H groups in total. The molecule has 0 aliphatic carbocycles. The molecule has 0 radical (unpaired) electrons. The minimum atomic E-state index is -0.129. The fourth-order valence-electron chi connectivity index (χ4n) is 4.95. The highest BCUT2D eigenvalue weighted by Crippen LogP contribution is 2.46. The molecule has 5 rings (SSSR count). The van der Waals surface area contributed by atoms with Gasteiger partial charge in [-0.15, -0.1) is 11.6 Å². The Hall–Kier alpha value is -3.38. The van der Waals surface area contributed by atoms with Crippen LogP contribution in [0, 0.1) is 6.92 Å². The number of alkyl halides is 1. The van der Waals surface area contributed by atoms with Crippen molar-refractivity contribution in [2.45, 2.75) is 12.8 Å². The van der Waals surface area contributed by atoms with E-state index < -0.39 is 0 Å². The molecular weight excluding hydrogens is 440 g/mol.